The topological polar surface area (TPSA) is 51.1 Å². The van der Waals surface area contributed by atoms with Gasteiger partial charge in [-0.2, -0.15) is 0 Å². The third-order valence-corrected chi connectivity index (χ3v) is 5.40. The number of hydrogen-bond donors (Lipinski definition) is 1. The number of carbonyl (C=O) groups excluding carboxylic acids is 1. The fraction of sp³-hybridized carbons (Fsp3) is 0.600. The lowest BCUT2D eigenvalue weighted by atomic mass is 10.0. The standard InChI is InChI=1S/C15H18N2O2/c1-17-5-4-10(7-11(17)18)15(19)16-14-12-8-2-3-9(6-8)13(12)14/h4-5,7-9,12-14H,2-3,6H2,1H3,(H,16,19). The highest BCUT2D eigenvalue weighted by atomic mass is 16.2. The van der Waals surface area contributed by atoms with Gasteiger partial charge in [0.25, 0.3) is 11.5 Å². The van der Waals surface area contributed by atoms with Crippen LogP contribution in [0.4, 0.5) is 0 Å². The molecule has 100 valence electrons. The van der Waals surface area contributed by atoms with E-state index >= 15 is 0 Å². The summed E-state index contributed by atoms with van der Waals surface area (Å²) in [5.41, 5.74) is 0.351. The molecule has 3 aliphatic carbocycles. The van der Waals surface area contributed by atoms with E-state index in [4.69, 9.17) is 0 Å². The van der Waals surface area contributed by atoms with Crippen LogP contribution in [0.25, 0.3) is 0 Å². The summed E-state index contributed by atoms with van der Waals surface area (Å²) in [4.78, 5) is 23.7. The second kappa shape index (κ2) is 3.71. The average Bonchev–Trinajstić information content (AvgIpc) is 2.81. The first-order valence-corrected chi connectivity index (χ1v) is 7.12. The molecule has 3 aliphatic rings. The Labute approximate surface area is 111 Å². The molecule has 1 N–H and O–H groups in total. The summed E-state index contributed by atoms with van der Waals surface area (Å²) in [5, 5.41) is 3.13. The molecule has 1 aromatic rings. The first-order chi connectivity index (χ1) is 9.15. The minimum Gasteiger partial charge on any atom is -0.349 e. The molecule has 0 aromatic carbocycles. The van der Waals surface area contributed by atoms with Crippen LogP contribution in [0, 0.1) is 23.7 Å². The van der Waals surface area contributed by atoms with Gasteiger partial charge in [-0.15, -0.1) is 0 Å². The van der Waals surface area contributed by atoms with Crippen LogP contribution in [-0.2, 0) is 7.05 Å². The van der Waals surface area contributed by atoms with Crippen LogP contribution in [0.3, 0.4) is 0 Å². The molecule has 1 heterocycles. The molecule has 2 bridgehead atoms. The van der Waals surface area contributed by atoms with Crippen molar-refractivity contribution in [3.05, 3.63) is 34.2 Å². The minimum atomic E-state index is -0.135. The van der Waals surface area contributed by atoms with Gasteiger partial charge in [0.2, 0.25) is 0 Å². The minimum absolute atomic E-state index is 0.0866. The molecule has 4 heteroatoms. The molecule has 4 nitrogen and oxygen atoms in total. The summed E-state index contributed by atoms with van der Waals surface area (Å²) in [5.74, 6) is 3.08. The Hall–Kier alpha value is -1.58. The quantitative estimate of drug-likeness (QED) is 0.865. The number of aromatic nitrogens is 1. The van der Waals surface area contributed by atoms with Crippen molar-refractivity contribution >= 4 is 5.91 Å². The molecule has 3 saturated carbocycles. The van der Waals surface area contributed by atoms with E-state index in [9.17, 15) is 9.59 Å². The normalized spacial score (nSPS) is 38.1. The number of carbonyl (C=O) groups is 1. The molecule has 4 rings (SSSR count). The third-order valence-electron chi connectivity index (χ3n) is 5.40. The first-order valence-electron chi connectivity index (χ1n) is 7.12. The molecule has 1 aromatic heterocycles. The monoisotopic (exact) mass is 258 g/mol. The number of nitrogens with zero attached hydrogens (tertiary/aromatic N) is 1. The van der Waals surface area contributed by atoms with Gasteiger partial charge in [-0.3, -0.25) is 9.59 Å². The molecular weight excluding hydrogens is 240 g/mol. The average molecular weight is 258 g/mol. The van der Waals surface area contributed by atoms with Crippen LogP contribution >= 0.6 is 0 Å². The van der Waals surface area contributed by atoms with Crippen molar-refractivity contribution in [2.75, 3.05) is 0 Å². The maximum Gasteiger partial charge on any atom is 0.251 e. The number of rotatable bonds is 2. The van der Waals surface area contributed by atoms with E-state index in [1.807, 2.05) is 0 Å². The molecule has 0 saturated heterocycles. The molecule has 3 fully saturated rings. The van der Waals surface area contributed by atoms with Gasteiger partial charge in [0, 0.05) is 30.9 Å². The number of nitrogens with one attached hydrogen (secondary N) is 1. The second-order valence-corrected chi connectivity index (χ2v) is 6.35. The SMILES string of the molecule is Cn1ccc(C(=O)NC2C3C4CCC(C4)C23)cc1=O. The lowest BCUT2D eigenvalue weighted by Gasteiger charge is -2.10. The Morgan fingerprint density at radius 3 is 2.63 bits per heavy atom. The number of hydrogen-bond acceptors (Lipinski definition) is 2. The van der Waals surface area contributed by atoms with Gasteiger partial charge in [-0.25, -0.2) is 0 Å². The Morgan fingerprint density at radius 1 is 1.32 bits per heavy atom. The Morgan fingerprint density at radius 2 is 2.00 bits per heavy atom. The fourth-order valence-corrected chi connectivity index (χ4v) is 4.44. The molecular formula is C15H18N2O2. The molecule has 0 aliphatic heterocycles. The zero-order chi connectivity index (χ0) is 13.1. The largest absolute Gasteiger partial charge is 0.349 e. The third kappa shape index (κ3) is 1.58. The van der Waals surface area contributed by atoms with E-state index in [2.05, 4.69) is 5.32 Å². The molecule has 0 radical (unpaired) electrons. The zero-order valence-corrected chi connectivity index (χ0v) is 11.0. The summed E-state index contributed by atoms with van der Waals surface area (Å²) >= 11 is 0. The zero-order valence-electron chi connectivity index (χ0n) is 11.0. The molecule has 1 amide bonds. The van der Waals surface area contributed by atoms with Crippen molar-refractivity contribution in [1.82, 2.24) is 9.88 Å². The van der Waals surface area contributed by atoms with Crippen molar-refractivity contribution < 1.29 is 4.79 Å². The maximum atomic E-state index is 12.2. The Bertz CT molecular complexity index is 590. The van der Waals surface area contributed by atoms with Crippen LogP contribution in [0.2, 0.25) is 0 Å². The number of aryl methyl sites for hydroxylation is 1. The molecule has 0 spiro atoms. The summed E-state index contributed by atoms with van der Waals surface area (Å²) in [6, 6.07) is 3.51. The Kier molecular flexibility index (Phi) is 2.20. The van der Waals surface area contributed by atoms with Gasteiger partial charge < -0.3 is 9.88 Å². The number of amides is 1. The van der Waals surface area contributed by atoms with Gasteiger partial charge in [-0.05, 0) is 49.0 Å². The second-order valence-electron chi connectivity index (χ2n) is 6.35. The number of pyridine rings is 1. The number of fused-ring (bicyclic) bond motifs is 5. The van der Waals surface area contributed by atoms with Gasteiger partial charge in [0.05, 0.1) is 0 Å². The van der Waals surface area contributed by atoms with Gasteiger partial charge in [0.1, 0.15) is 0 Å². The van der Waals surface area contributed by atoms with Gasteiger partial charge >= 0.3 is 0 Å². The summed E-state index contributed by atoms with van der Waals surface area (Å²) in [6.07, 6.45) is 5.73. The van der Waals surface area contributed by atoms with E-state index in [0.717, 1.165) is 23.7 Å². The van der Waals surface area contributed by atoms with E-state index in [-0.39, 0.29) is 11.5 Å². The lowest BCUT2D eigenvalue weighted by molar-refractivity contribution is 0.0944. The fourth-order valence-electron chi connectivity index (χ4n) is 4.44. The van der Waals surface area contributed by atoms with Crippen LogP contribution in [-0.4, -0.2) is 16.5 Å². The highest BCUT2D eigenvalue weighted by molar-refractivity contribution is 5.94. The summed E-state index contributed by atoms with van der Waals surface area (Å²) in [6.45, 7) is 0. The smallest absolute Gasteiger partial charge is 0.251 e. The molecule has 19 heavy (non-hydrogen) atoms. The summed E-state index contributed by atoms with van der Waals surface area (Å²) < 4.78 is 1.48. The molecule has 4 unspecified atom stereocenters. The first kappa shape index (κ1) is 11.3. The van der Waals surface area contributed by atoms with Crippen LogP contribution < -0.4 is 10.9 Å². The Balaban J connectivity index is 1.48. The van der Waals surface area contributed by atoms with Crippen molar-refractivity contribution in [1.29, 1.82) is 0 Å². The van der Waals surface area contributed by atoms with Crippen LogP contribution in [0.15, 0.2) is 23.1 Å². The van der Waals surface area contributed by atoms with E-state index in [1.165, 1.54) is 29.9 Å². The predicted molar refractivity (Wildman–Crippen MR) is 70.7 cm³/mol. The van der Waals surface area contributed by atoms with Crippen molar-refractivity contribution in [3.8, 4) is 0 Å². The molecule has 4 atom stereocenters. The summed E-state index contributed by atoms with van der Waals surface area (Å²) in [7, 11) is 1.69. The van der Waals surface area contributed by atoms with Crippen molar-refractivity contribution in [2.24, 2.45) is 30.7 Å². The van der Waals surface area contributed by atoms with Crippen LogP contribution in [0.1, 0.15) is 29.6 Å². The van der Waals surface area contributed by atoms with Gasteiger partial charge in [0.15, 0.2) is 0 Å². The van der Waals surface area contributed by atoms with E-state index in [1.54, 1.807) is 19.3 Å². The lowest BCUT2D eigenvalue weighted by Crippen LogP contribution is -2.31. The van der Waals surface area contributed by atoms with Crippen LogP contribution in [0.5, 0.6) is 0 Å². The van der Waals surface area contributed by atoms with Crippen molar-refractivity contribution in [3.63, 3.8) is 0 Å². The van der Waals surface area contributed by atoms with Gasteiger partial charge in [-0.1, -0.05) is 0 Å². The van der Waals surface area contributed by atoms with Crippen molar-refractivity contribution in [2.45, 2.75) is 25.3 Å². The highest BCUT2D eigenvalue weighted by Crippen LogP contribution is 2.65. The van der Waals surface area contributed by atoms with E-state index in [0.29, 0.717) is 11.6 Å². The highest BCUT2D eigenvalue weighted by Gasteiger charge is 2.65. The predicted octanol–water partition coefficient (Wildman–Crippen LogP) is 1.16. The maximum absolute atomic E-state index is 12.2. The van der Waals surface area contributed by atoms with E-state index < -0.39 is 0 Å².